The van der Waals surface area contributed by atoms with Crippen molar-refractivity contribution in [2.24, 2.45) is 0 Å². The number of pyridine rings is 1. The van der Waals surface area contributed by atoms with Crippen molar-refractivity contribution in [3.8, 4) is 0 Å². The van der Waals surface area contributed by atoms with Gasteiger partial charge >= 0.3 is 0 Å². The Hall–Kier alpha value is -2.11. The van der Waals surface area contributed by atoms with Gasteiger partial charge in [0.15, 0.2) is 0 Å². The molecular formula is C19H21N3OS. The molecule has 5 heteroatoms. The summed E-state index contributed by atoms with van der Waals surface area (Å²) in [6.07, 6.45) is 3.58. The molecule has 0 aliphatic carbocycles. The Morgan fingerprint density at radius 2 is 1.79 bits per heavy atom. The van der Waals surface area contributed by atoms with Crippen LogP contribution in [-0.4, -0.2) is 19.6 Å². The van der Waals surface area contributed by atoms with Gasteiger partial charge in [-0.2, -0.15) is 0 Å². The first-order chi connectivity index (χ1) is 11.7. The van der Waals surface area contributed by atoms with E-state index < -0.39 is 0 Å². The van der Waals surface area contributed by atoms with Crippen LogP contribution in [0.5, 0.6) is 0 Å². The average Bonchev–Trinajstić information content (AvgIpc) is 2.94. The molecule has 3 aromatic rings. The molecule has 124 valence electrons. The minimum atomic E-state index is -0.0693. The predicted molar refractivity (Wildman–Crippen MR) is 96.1 cm³/mol. The molecule has 2 aromatic heterocycles. The van der Waals surface area contributed by atoms with Gasteiger partial charge in [-0.1, -0.05) is 43.8 Å². The van der Waals surface area contributed by atoms with Crippen LogP contribution in [0.1, 0.15) is 36.8 Å². The molecule has 0 spiro atoms. The van der Waals surface area contributed by atoms with E-state index in [0.717, 1.165) is 21.2 Å². The van der Waals surface area contributed by atoms with Crippen molar-refractivity contribution in [2.45, 2.75) is 42.8 Å². The van der Waals surface area contributed by atoms with Crippen LogP contribution in [0.15, 0.2) is 64.8 Å². The number of aliphatic hydroxyl groups excluding tert-OH is 1. The lowest BCUT2D eigenvalue weighted by Gasteiger charge is -2.14. The van der Waals surface area contributed by atoms with Crippen LogP contribution >= 0.6 is 11.8 Å². The smallest absolute Gasteiger partial charge is 0.136 e. The molecule has 0 atom stereocenters. The van der Waals surface area contributed by atoms with E-state index in [9.17, 15) is 5.11 Å². The lowest BCUT2D eigenvalue weighted by atomic mass is 10.1. The van der Waals surface area contributed by atoms with E-state index in [1.807, 2.05) is 30.3 Å². The molecule has 0 radical (unpaired) electrons. The summed E-state index contributed by atoms with van der Waals surface area (Å²) in [7, 11) is 0. The summed E-state index contributed by atoms with van der Waals surface area (Å²) in [5.41, 5.74) is 2.31. The fourth-order valence-corrected chi connectivity index (χ4v) is 3.81. The number of hydrogen-bond acceptors (Lipinski definition) is 4. The summed E-state index contributed by atoms with van der Waals surface area (Å²) >= 11 is 1.65. The normalized spacial score (nSPS) is 11.2. The number of aliphatic hydroxyl groups is 1. The molecule has 1 aromatic carbocycles. The third kappa shape index (κ3) is 3.68. The third-order valence-electron chi connectivity index (χ3n) is 3.79. The van der Waals surface area contributed by atoms with Crippen LogP contribution in [0.25, 0.3) is 0 Å². The Balaban J connectivity index is 2.00. The van der Waals surface area contributed by atoms with E-state index in [1.165, 1.54) is 0 Å². The summed E-state index contributed by atoms with van der Waals surface area (Å²) in [5, 5.41) is 10.7. The first-order valence-electron chi connectivity index (χ1n) is 8.01. The Bertz CT molecular complexity index is 785. The van der Waals surface area contributed by atoms with E-state index in [2.05, 4.69) is 35.5 Å². The summed E-state index contributed by atoms with van der Waals surface area (Å²) in [6.45, 7) is 4.95. The minimum absolute atomic E-state index is 0.0693. The maximum Gasteiger partial charge on any atom is 0.136 e. The largest absolute Gasteiger partial charge is 0.388 e. The number of benzene rings is 1. The summed E-state index contributed by atoms with van der Waals surface area (Å²) in [5.74, 6) is 1.01. The zero-order chi connectivity index (χ0) is 16.9. The number of imidazole rings is 1. The fraction of sp³-hybridized carbons (Fsp3) is 0.263. The Kier molecular flexibility index (Phi) is 5.33. The van der Waals surface area contributed by atoms with E-state index in [-0.39, 0.29) is 6.61 Å². The zero-order valence-corrected chi connectivity index (χ0v) is 14.7. The maximum atomic E-state index is 9.78. The van der Waals surface area contributed by atoms with Crippen LogP contribution in [0.4, 0.5) is 0 Å². The first kappa shape index (κ1) is 16.7. The van der Waals surface area contributed by atoms with Crippen molar-refractivity contribution in [3.05, 3.63) is 71.9 Å². The van der Waals surface area contributed by atoms with Crippen molar-refractivity contribution >= 4 is 11.8 Å². The van der Waals surface area contributed by atoms with E-state index in [4.69, 9.17) is 4.98 Å². The van der Waals surface area contributed by atoms with Crippen molar-refractivity contribution in [2.75, 3.05) is 0 Å². The van der Waals surface area contributed by atoms with Crippen LogP contribution in [0.2, 0.25) is 0 Å². The van der Waals surface area contributed by atoms with Gasteiger partial charge < -0.3 is 9.67 Å². The predicted octanol–water partition coefficient (Wildman–Crippen LogP) is 4.09. The standard InChI is InChI=1S/C19H21N3OS/c1-14(2)18-19(24-16-6-4-3-5-7-16)21-17(13-23)22(18)12-15-8-10-20-11-9-15/h3-11,14,23H,12-13H2,1-2H3. The first-order valence-corrected chi connectivity index (χ1v) is 8.82. The van der Waals surface area contributed by atoms with Crippen molar-refractivity contribution in [1.29, 1.82) is 0 Å². The van der Waals surface area contributed by atoms with Crippen molar-refractivity contribution < 1.29 is 5.11 Å². The highest BCUT2D eigenvalue weighted by atomic mass is 32.2. The van der Waals surface area contributed by atoms with Gasteiger partial charge in [-0.05, 0) is 35.7 Å². The molecular weight excluding hydrogens is 318 g/mol. The summed E-state index contributed by atoms with van der Waals surface area (Å²) in [6, 6.07) is 14.2. The highest BCUT2D eigenvalue weighted by molar-refractivity contribution is 7.99. The monoisotopic (exact) mass is 339 g/mol. The molecule has 24 heavy (non-hydrogen) atoms. The second kappa shape index (κ2) is 7.64. The molecule has 3 rings (SSSR count). The van der Waals surface area contributed by atoms with E-state index in [1.54, 1.807) is 24.2 Å². The zero-order valence-electron chi connectivity index (χ0n) is 13.9. The molecule has 0 saturated heterocycles. The fourth-order valence-electron chi connectivity index (χ4n) is 2.69. The van der Waals surface area contributed by atoms with Gasteiger partial charge in [0.05, 0.1) is 5.69 Å². The molecule has 1 N–H and O–H groups in total. The number of rotatable bonds is 6. The van der Waals surface area contributed by atoms with Gasteiger partial charge in [0.25, 0.3) is 0 Å². The SMILES string of the molecule is CC(C)c1c(Sc2ccccc2)nc(CO)n1Cc1ccncc1. The van der Waals surface area contributed by atoms with Crippen LogP contribution in [0.3, 0.4) is 0 Å². The summed E-state index contributed by atoms with van der Waals surface area (Å²) in [4.78, 5) is 9.92. The van der Waals surface area contributed by atoms with E-state index in [0.29, 0.717) is 18.3 Å². The van der Waals surface area contributed by atoms with Crippen molar-refractivity contribution in [1.82, 2.24) is 14.5 Å². The molecule has 4 nitrogen and oxygen atoms in total. The van der Waals surface area contributed by atoms with Gasteiger partial charge in [-0.3, -0.25) is 4.98 Å². The third-order valence-corrected chi connectivity index (χ3v) is 4.79. The quantitative estimate of drug-likeness (QED) is 0.735. The van der Waals surface area contributed by atoms with Gasteiger partial charge in [0.2, 0.25) is 0 Å². The van der Waals surface area contributed by atoms with Crippen molar-refractivity contribution in [3.63, 3.8) is 0 Å². The lowest BCUT2D eigenvalue weighted by molar-refractivity contribution is 0.265. The van der Waals surface area contributed by atoms with Gasteiger partial charge in [-0.15, -0.1) is 0 Å². The Morgan fingerprint density at radius 3 is 2.42 bits per heavy atom. The average molecular weight is 339 g/mol. The number of aromatic nitrogens is 3. The molecule has 0 unspecified atom stereocenters. The number of hydrogen-bond donors (Lipinski definition) is 1. The Morgan fingerprint density at radius 1 is 1.08 bits per heavy atom. The lowest BCUT2D eigenvalue weighted by Crippen LogP contribution is -2.10. The molecule has 0 aliphatic heterocycles. The number of nitrogens with zero attached hydrogens (tertiary/aromatic N) is 3. The van der Waals surface area contributed by atoms with Crippen LogP contribution < -0.4 is 0 Å². The molecule has 0 aliphatic rings. The summed E-state index contributed by atoms with van der Waals surface area (Å²) < 4.78 is 2.13. The van der Waals surface area contributed by atoms with Gasteiger partial charge in [-0.25, -0.2) is 4.98 Å². The second-order valence-electron chi connectivity index (χ2n) is 5.89. The highest BCUT2D eigenvalue weighted by Crippen LogP contribution is 2.34. The van der Waals surface area contributed by atoms with Crippen LogP contribution in [0, 0.1) is 0 Å². The molecule has 0 saturated carbocycles. The van der Waals surface area contributed by atoms with Crippen LogP contribution in [-0.2, 0) is 13.2 Å². The highest BCUT2D eigenvalue weighted by Gasteiger charge is 2.20. The minimum Gasteiger partial charge on any atom is -0.388 e. The Labute approximate surface area is 146 Å². The maximum absolute atomic E-state index is 9.78. The van der Waals surface area contributed by atoms with Gasteiger partial charge in [0.1, 0.15) is 17.5 Å². The molecule has 0 fully saturated rings. The molecule has 0 amide bonds. The molecule has 0 bridgehead atoms. The molecule has 2 heterocycles. The topological polar surface area (TPSA) is 50.9 Å². The van der Waals surface area contributed by atoms with E-state index >= 15 is 0 Å². The second-order valence-corrected chi connectivity index (χ2v) is 6.95. The van der Waals surface area contributed by atoms with Gasteiger partial charge in [0, 0.05) is 23.8 Å².